The number of amides is 2. The fourth-order valence-corrected chi connectivity index (χ4v) is 2.58. The zero-order chi connectivity index (χ0) is 17.8. The molecule has 3 rings (SSSR count). The van der Waals surface area contributed by atoms with E-state index >= 15 is 0 Å². The van der Waals surface area contributed by atoms with E-state index in [4.69, 9.17) is 17.3 Å². The van der Waals surface area contributed by atoms with Gasteiger partial charge in [0.05, 0.1) is 29.0 Å². The molecule has 0 unspecified atom stereocenters. The van der Waals surface area contributed by atoms with E-state index < -0.39 is 5.91 Å². The lowest BCUT2D eigenvalue weighted by molar-refractivity contribution is 0.100. The molecule has 3 aromatic rings. The second-order valence-corrected chi connectivity index (χ2v) is 5.86. The SMILES string of the molecule is NC(=O)c1ccccc1NC(=O)c1cccc(Cn2cc(Cl)cn2)c1. The van der Waals surface area contributed by atoms with Crippen molar-refractivity contribution in [2.45, 2.75) is 6.54 Å². The quantitative estimate of drug-likeness (QED) is 0.738. The van der Waals surface area contributed by atoms with E-state index in [0.717, 1.165) is 5.56 Å². The van der Waals surface area contributed by atoms with Crippen LogP contribution in [-0.2, 0) is 6.54 Å². The first kappa shape index (κ1) is 16.7. The van der Waals surface area contributed by atoms with E-state index in [2.05, 4.69) is 10.4 Å². The van der Waals surface area contributed by atoms with E-state index in [9.17, 15) is 9.59 Å². The van der Waals surface area contributed by atoms with Gasteiger partial charge in [0.15, 0.2) is 0 Å². The fourth-order valence-electron chi connectivity index (χ4n) is 2.42. The molecule has 3 N–H and O–H groups in total. The molecule has 0 spiro atoms. The number of para-hydroxylation sites is 1. The second kappa shape index (κ2) is 7.19. The number of nitrogens with one attached hydrogen (secondary N) is 1. The largest absolute Gasteiger partial charge is 0.366 e. The van der Waals surface area contributed by atoms with Gasteiger partial charge in [-0.3, -0.25) is 14.3 Å². The fraction of sp³-hybridized carbons (Fsp3) is 0.0556. The molecule has 0 saturated heterocycles. The van der Waals surface area contributed by atoms with Gasteiger partial charge in [-0.1, -0.05) is 35.9 Å². The summed E-state index contributed by atoms with van der Waals surface area (Å²) in [7, 11) is 0. The van der Waals surface area contributed by atoms with E-state index in [-0.39, 0.29) is 11.5 Å². The minimum Gasteiger partial charge on any atom is -0.366 e. The van der Waals surface area contributed by atoms with Crippen LogP contribution in [0.5, 0.6) is 0 Å². The molecule has 0 fully saturated rings. The number of aromatic nitrogens is 2. The molecule has 25 heavy (non-hydrogen) atoms. The van der Waals surface area contributed by atoms with Crippen LogP contribution < -0.4 is 11.1 Å². The van der Waals surface area contributed by atoms with Crippen LogP contribution in [0.2, 0.25) is 5.02 Å². The molecule has 2 aromatic carbocycles. The van der Waals surface area contributed by atoms with Crippen LogP contribution in [0.1, 0.15) is 26.3 Å². The van der Waals surface area contributed by atoms with Crippen molar-refractivity contribution in [1.29, 1.82) is 0 Å². The third-order valence-electron chi connectivity index (χ3n) is 3.58. The number of nitrogens with two attached hydrogens (primary N) is 1. The smallest absolute Gasteiger partial charge is 0.255 e. The number of primary amides is 1. The molecule has 1 aromatic heterocycles. The first-order valence-corrected chi connectivity index (χ1v) is 7.88. The molecular formula is C18H15ClN4O2. The van der Waals surface area contributed by atoms with Gasteiger partial charge < -0.3 is 11.1 Å². The van der Waals surface area contributed by atoms with Gasteiger partial charge in [-0.25, -0.2) is 0 Å². The maximum Gasteiger partial charge on any atom is 0.255 e. The van der Waals surface area contributed by atoms with Crippen molar-refractivity contribution in [2.24, 2.45) is 5.73 Å². The number of carbonyl (C=O) groups is 2. The van der Waals surface area contributed by atoms with Crippen LogP contribution in [0, 0.1) is 0 Å². The Balaban J connectivity index is 1.79. The molecule has 7 heteroatoms. The molecular weight excluding hydrogens is 340 g/mol. The highest BCUT2D eigenvalue weighted by molar-refractivity contribution is 6.30. The Bertz CT molecular complexity index is 936. The molecule has 6 nitrogen and oxygen atoms in total. The number of hydrogen-bond acceptors (Lipinski definition) is 3. The molecule has 2 amide bonds. The van der Waals surface area contributed by atoms with Gasteiger partial charge in [-0.15, -0.1) is 0 Å². The zero-order valence-corrected chi connectivity index (χ0v) is 13.9. The highest BCUT2D eigenvalue weighted by Crippen LogP contribution is 2.16. The van der Waals surface area contributed by atoms with Crippen LogP contribution in [0.4, 0.5) is 5.69 Å². The van der Waals surface area contributed by atoms with Crippen molar-refractivity contribution in [1.82, 2.24) is 9.78 Å². The first-order chi connectivity index (χ1) is 12.0. The topological polar surface area (TPSA) is 90.0 Å². The molecule has 126 valence electrons. The molecule has 0 aliphatic rings. The third-order valence-corrected chi connectivity index (χ3v) is 3.77. The molecule has 0 radical (unpaired) electrons. The van der Waals surface area contributed by atoms with Crippen LogP contribution in [-0.4, -0.2) is 21.6 Å². The zero-order valence-electron chi connectivity index (χ0n) is 13.1. The number of hydrogen-bond donors (Lipinski definition) is 2. The summed E-state index contributed by atoms with van der Waals surface area (Å²) < 4.78 is 1.68. The number of carbonyl (C=O) groups excluding carboxylic acids is 2. The molecule has 0 aliphatic heterocycles. The number of rotatable bonds is 5. The molecule has 0 atom stereocenters. The number of halogens is 1. The predicted octanol–water partition coefficient (Wildman–Crippen LogP) is 2.94. The van der Waals surface area contributed by atoms with Crippen molar-refractivity contribution in [3.05, 3.63) is 82.6 Å². The summed E-state index contributed by atoms with van der Waals surface area (Å²) in [4.78, 5) is 23.9. The van der Waals surface area contributed by atoms with Gasteiger partial charge in [-0.2, -0.15) is 5.10 Å². The number of anilines is 1. The summed E-state index contributed by atoms with van der Waals surface area (Å²) in [6.07, 6.45) is 3.26. The average Bonchev–Trinajstić information content (AvgIpc) is 3.00. The Hall–Kier alpha value is -3.12. The third kappa shape index (κ3) is 4.05. The highest BCUT2D eigenvalue weighted by atomic mass is 35.5. The standard InChI is InChI=1S/C18H15ClN4O2/c19-14-9-21-23(11-14)10-12-4-3-5-13(8-12)18(25)22-16-7-2-1-6-15(16)17(20)24/h1-9,11H,10H2,(H2,20,24)(H,22,25). The van der Waals surface area contributed by atoms with Crippen molar-refractivity contribution < 1.29 is 9.59 Å². The highest BCUT2D eigenvalue weighted by Gasteiger charge is 2.12. The van der Waals surface area contributed by atoms with E-state index in [1.54, 1.807) is 59.5 Å². The minimum atomic E-state index is -0.597. The number of nitrogens with zero attached hydrogens (tertiary/aromatic N) is 2. The maximum atomic E-state index is 12.5. The maximum absolute atomic E-state index is 12.5. The lowest BCUT2D eigenvalue weighted by atomic mass is 10.1. The molecule has 0 saturated carbocycles. The van der Waals surface area contributed by atoms with Crippen molar-refractivity contribution in [2.75, 3.05) is 5.32 Å². The lowest BCUT2D eigenvalue weighted by Gasteiger charge is -2.10. The Morgan fingerprint density at radius 3 is 2.68 bits per heavy atom. The van der Waals surface area contributed by atoms with Crippen LogP contribution in [0.3, 0.4) is 0 Å². The molecule has 1 heterocycles. The van der Waals surface area contributed by atoms with Gasteiger partial charge in [0.1, 0.15) is 0 Å². The van der Waals surface area contributed by atoms with Gasteiger partial charge >= 0.3 is 0 Å². The Morgan fingerprint density at radius 1 is 1.16 bits per heavy atom. The molecule has 0 bridgehead atoms. The Morgan fingerprint density at radius 2 is 1.96 bits per heavy atom. The predicted molar refractivity (Wildman–Crippen MR) is 95.7 cm³/mol. The van der Waals surface area contributed by atoms with Gasteiger partial charge in [0.2, 0.25) is 0 Å². The van der Waals surface area contributed by atoms with Crippen LogP contribution in [0.25, 0.3) is 0 Å². The van der Waals surface area contributed by atoms with E-state index in [1.165, 1.54) is 0 Å². The average molecular weight is 355 g/mol. The van der Waals surface area contributed by atoms with Crippen LogP contribution >= 0.6 is 11.6 Å². The van der Waals surface area contributed by atoms with Crippen molar-refractivity contribution >= 4 is 29.1 Å². The lowest BCUT2D eigenvalue weighted by Crippen LogP contribution is -2.18. The molecule has 0 aliphatic carbocycles. The van der Waals surface area contributed by atoms with E-state index in [0.29, 0.717) is 22.8 Å². The normalized spacial score (nSPS) is 10.4. The van der Waals surface area contributed by atoms with E-state index in [1.807, 2.05) is 6.07 Å². The summed E-state index contributed by atoms with van der Waals surface area (Å²) >= 11 is 5.85. The van der Waals surface area contributed by atoms with Crippen LogP contribution in [0.15, 0.2) is 60.9 Å². The van der Waals surface area contributed by atoms with Gasteiger partial charge in [-0.05, 0) is 29.8 Å². The van der Waals surface area contributed by atoms with Gasteiger partial charge in [0, 0.05) is 11.8 Å². The minimum absolute atomic E-state index is 0.262. The van der Waals surface area contributed by atoms with Gasteiger partial charge in [0.25, 0.3) is 11.8 Å². The summed E-state index contributed by atoms with van der Waals surface area (Å²) in [6.45, 7) is 0.492. The summed E-state index contributed by atoms with van der Waals surface area (Å²) in [5.41, 5.74) is 7.34. The first-order valence-electron chi connectivity index (χ1n) is 7.50. The second-order valence-electron chi connectivity index (χ2n) is 5.42. The monoisotopic (exact) mass is 354 g/mol. The van der Waals surface area contributed by atoms with Crippen molar-refractivity contribution in [3.63, 3.8) is 0 Å². The summed E-state index contributed by atoms with van der Waals surface area (Å²) in [5, 5.41) is 7.39. The van der Waals surface area contributed by atoms with Crippen molar-refractivity contribution in [3.8, 4) is 0 Å². The Labute approximate surface area is 149 Å². The number of benzene rings is 2. The Kier molecular flexibility index (Phi) is 4.81. The summed E-state index contributed by atoms with van der Waals surface area (Å²) in [5.74, 6) is -0.922. The summed E-state index contributed by atoms with van der Waals surface area (Å²) in [6, 6.07) is 13.7.